The van der Waals surface area contributed by atoms with E-state index in [0.29, 0.717) is 11.5 Å². The summed E-state index contributed by atoms with van der Waals surface area (Å²) in [5.74, 6) is -0.546. The Morgan fingerprint density at radius 3 is 1.41 bits per heavy atom. The standard InChI is InChI=1S/C24H22N2O6/c27-17-11-13-25(23(29)31-15-7-3-1-4-8-15)21-19(17)20-18(28)12-14-26(22(20)21)24(30)32-16-9-5-2-6-10-16/h1-10,19-22H,11-14H2/t19-,20-,21-,22-/m1/s1. The van der Waals surface area contributed by atoms with Gasteiger partial charge in [-0.25, -0.2) is 9.59 Å². The van der Waals surface area contributed by atoms with Gasteiger partial charge in [-0.2, -0.15) is 0 Å². The molecule has 2 amide bonds. The van der Waals surface area contributed by atoms with Crippen molar-refractivity contribution in [3.8, 4) is 11.5 Å². The molecule has 5 rings (SSSR count). The van der Waals surface area contributed by atoms with Gasteiger partial charge in [0.25, 0.3) is 0 Å². The third-order valence-electron chi connectivity index (χ3n) is 6.50. The molecule has 4 atom stereocenters. The number of hydrogen-bond acceptors (Lipinski definition) is 6. The summed E-state index contributed by atoms with van der Waals surface area (Å²) in [6.45, 7) is 0.370. The van der Waals surface area contributed by atoms with E-state index in [1.54, 1.807) is 48.5 Å². The van der Waals surface area contributed by atoms with Crippen LogP contribution in [0.15, 0.2) is 60.7 Å². The number of amides is 2. The van der Waals surface area contributed by atoms with Gasteiger partial charge in [0, 0.05) is 25.9 Å². The molecule has 164 valence electrons. The second kappa shape index (κ2) is 8.11. The fraction of sp³-hybridized carbons (Fsp3) is 0.333. The Bertz CT molecular complexity index is 971. The molecule has 2 aromatic rings. The maximum absolute atomic E-state index is 13.0. The van der Waals surface area contributed by atoms with Gasteiger partial charge in [-0.1, -0.05) is 36.4 Å². The van der Waals surface area contributed by atoms with E-state index in [2.05, 4.69) is 0 Å². The van der Waals surface area contributed by atoms with Crippen LogP contribution in [0.3, 0.4) is 0 Å². The second-order valence-electron chi connectivity index (χ2n) is 8.21. The lowest BCUT2D eigenvalue weighted by Gasteiger charge is -2.60. The highest BCUT2D eigenvalue weighted by atomic mass is 16.6. The second-order valence-corrected chi connectivity index (χ2v) is 8.21. The van der Waals surface area contributed by atoms with Crippen molar-refractivity contribution in [1.82, 2.24) is 9.80 Å². The summed E-state index contributed by atoms with van der Waals surface area (Å²) >= 11 is 0. The van der Waals surface area contributed by atoms with E-state index in [9.17, 15) is 19.2 Å². The van der Waals surface area contributed by atoms with Crippen molar-refractivity contribution in [3.63, 3.8) is 0 Å². The fourth-order valence-corrected chi connectivity index (χ4v) is 5.06. The molecule has 0 aromatic heterocycles. The molecule has 2 aliphatic heterocycles. The highest BCUT2D eigenvalue weighted by Gasteiger charge is 2.65. The number of likely N-dealkylation sites (tertiary alicyclic amines) is 2. The fourth-order valence-electron chi connectivity index (χ4n) is 5.06. The van der Waals surface area contributed by atoms with Crippen molar-refractivity contribution in [2.45, 2.75) is 24.9 Å². The van der Waals surface area contributed by atoms with E-state index >= 15 is 0 Å². The SMILES string of the molecule is O=C1CCN(C(=O)Oc2ccccc2)[C@@H]2[C@H]1[C@H]1C(=O)CCN(C(=O)Oc3ccccc3)[C@H]12. The molecule has 1 aliphatic carbocycles. The number of carbonyl (C=O) groups is 4. The van der Waals surface area contributed by atoms with E-state index < -0.39 is 36.1 Å². The number of fused-ring (bicyclic) bond motifs is 4. The molecule has 8 heteroatoms. The van der Waals surface area contributed by atoms with Crippen molar-refractivity contribution in [2.75, 3.05) is 13.1 Å². The summed E-state index contributed by atoms with van der Waals surface area (Å²) in [5, 5.41) is 0. The number of carbonyl (C=O) groups excluding carboxylic acids is 4. The predicted octanol–water partition coefficient (Wildman–Crippen LogP) is 2.92. The van der Waals surface area contributed by atoms with Crippen LogP contribution >= 0.6 is 0 Å². The molecule has 0 bridgehead atoms. The zero-order valence-corrected chi connectivity index (χ0v) is 17.3. The van der Waals surface area contributed by atoms with Gasteiger partial charge in [0.1, 0.15) is 23.1 Å². The number of ether oxygens (including phenoxy) is 2. The Morgan fingerprint density at radius 2 is 1.03 bits per heavy atom. The number of para-hydroxylation sites is 2. The highest BCUT2D eigenvalue weighted by Crippen LogP contribution is 2.48. The number of ketones is 2. The lowest BCUT2D eigenvalue weighted by Crippen LogP contribution is -2.78. The number of nitrogens with zero attached hydrogens (tertiary/aromatic N) is 2. The Hall–Kier alpha value is -3.68. The molecular weight excluding hydrogens is 412 g/mol. The van der Waals surface area contributed by atoms with Crippen molar-refractivity contribution >= 4 is 23.8 Å². The van der Waals surface area contributed by atoms with Gasteiger partial charge in [-0.15, -0.1) is 0 Å². The lowest BCUT2D eigenvalue weighted by atomic mass is 9.56. The van der Waals surface area contributed by atoms with Crippen molar-refractivity contribution in [3.05, 3.63) is 60.7 Å². The Kier molecular flexibility index (Phi) is 5.13. The zero-order chi connectivity index (χ0) is 22.2. The van der Waals surface area contributed by atoms with Gasteiger partial charge in [0.2, 0.25) is 0 Å². The van der Waals surface area contributed by atoms with Gasteiger partial charge < -0.3 is 19.3 Å². The van der Waals surface area contributed by atoms with Crippen LogP contribution in [0.2, 0.25) is 0 Å². The minimum atomic E-state index is -0.614. The quantitative estimate of drug-likeness (QED) is 0.722. The van der Waals surface area contributed by atoms with E-state index in [1.807, 2.05) is 12.1 Å². The van der Waals surface area contributed by atoms with Crippen molar-refractivity contribution in [2.24, 2.45) is 11.8 Å². The number of rotatable bonds is 2. The highest BCUT2D eigenvalue weighted by molar-refractivity contribution is 5.96. The molecule has 3 aliphatic rings. The van der Waals surface area contributed by atoms with E-state index in [-0.39, 0.29) is 37.5 Å². The van der Waals surface area contributed by atoms with E-state index in [1.165, 1.54) is 9.80 Å². The molecule has 2 saturated heterocycles. The third kappa shape index (κ3) is 3.41. The molecule has 3 fully saturated rings. The number of benzene rings is 2. The molecule has 2 aromatic carbocycles. The smallest absolute Gasteiger partial charge is 0.410 e. The average molecular weight is 434 g/mol. The van der Waals surface area contributed by atoms with Crippen LogP contribution in [0.1, 0.15) is 12.8 Å². The first-order chi connectivity index (χ1) is 15.5. The molecule has 8 nitrogen and oxygen atoms in total. The molecule has 0 radical (unpaired) electrons. The summed E-state index contributed by atoms with van der Waals surface area (Å²) in [5.41, 5.74) is 0. The van der Waals surface area contributed by atoms with Crippen LogP contribution in [0.5, 0.6) is 11.5 Å². The van der Waals surface area contributed by atoms with Gasteiger partial charge in [-0.3, -0.25) is 9.59 Å². The van der Waals surface area contributed by atoms with Gasteiger partial charge in [0.15, 0.2) is 0 Å². The Labute approximate surface area is 184 Å². The third-order valence-corrected chi connectivity index (χ3v) is 6.50. The van der Waals surface area contributed by atoms with E-state index in [4.69, 9.17) is 9.47 Å². The molecule has 1 saturated carbocycles. The molecular formula is C24H22N2O6. The summed E-state index contributed by atoms with van der Waals surface area (Å²) in [4.78, 5) is 54.3. The summed E-state index contributed by atoms with van der Waals surface area (Å²) in [6, 6.07) is 16.1. The summed E-state index contributed by atoms with van der Waals surface area (Å²) in [6.07, 6.45) is -0.857. The maximum Gasteiger partial charge on any atom is 0.415 e. The van der Waals surface area contributed by atoms with Crippen LogP contribution in [0, 0.1) is 11.8 Å². The number of hydrogen-bond donors (Lipinski definition) is 0. The van der Waals surface area contributed by atoms with Crippen molar-refractivity contribution < 1.29 is 28.7 Å². The first kappa shape index (κ1) is 20.2. The first-order valence-corrected chi connectivity index (χ1v) is 10.7. The summed E-state index contributed by atoms with van der Waals surface area (Å²) in [7, 11) is 0. The van der Waals surface area contributed by atoms with Crippen LogP contribution < -0.4 is 9.47 Å². The van der Waals surface area contributed by atoms with Crippen LogP contribution in [-0.4, -0.2) is 58.7 Å². The average Bonchev–Trinajstić information content (AvgIpc) is 2.78. The van der Waals surface area contributed by atoms with Gasteiger partial charge >= 0.3 is 12.2 Å². The molecule has 0 unspecified atom stereocenters. The minimum absolute atomic E-state index is 0.0494. The molecule has 0 N–H and O–H groups in total. The Morgan fingerprint density at radius 1 is 0.656 bits per heavy atom. The number of piperidine rings is 2. The topological polar surface area (TPSA) is 93.2 Å². The van der Waals surface area contributed by atoms with Gasteiger partial charge in [-0.05, 0) is 24.3 Å². The maximum atomic E-state index is 13.0. The summed E-state index contributed by atoms with van der Waals surface area (Å²) < 4.78 is 11.0. The molecule has 0 spiro atoms. The van der Waals surface area contributed by atoms with Crippen molar-refractivity contribution in [1.29, 1.82) is 0 Å². The normalized spacial score (nSPS) is 26.5. The van der Waals surface area contributed by atoms with Crippen LogP contribution in [0.25, 0.3) is 0 Å². The predicted molar refractivity (Wildman–Crippen MR) is 112 cm³/mol. The minimum Gasteiger partial charge on any atom is -0.410 e. The Balaban J connectivity index is 1.40. The largest absolute Gasteiger partial charge is 0.415 e. The monoisotopic (exact) mass is 434 g/mol. The van der Waals surface area contributed by atoms with Crippen LogP contribution in [0.4, 0.5) is 9.59 Å². The molecule has 32 heavy (non-hydrogen) atoms. The zero-order valence-electron chi connectivity index (χ0n) is 17.3. The number of Topliss-reactive ketones (excluding diaryl/α,β-unsaturated/α-hetero) is 2. The molecule has 2 heterocycles. The van der Waals surface area contributed by atoms with Crippen LogP contribution in [-0.2, 0) is 9.59 Å². The lowest BCUT2D eigenvalue weighted by molar-refractivity contribution is -0.165. The van der Waals surface area contributed by atoms with Gasteiger partial charge in [0.05, 0.1) is 23.9 Å². The first-order valence-electron chi connectivity index (χ1n) is 10.7. The van der Waals surface area contributed by atoms with E-state index in [0.717, 1.165) is 0 Å².